The number of nitrogens with zero attached hydrogens (tertiary/aromatic N) is 4. The number of amides is 1. The van der Waals surface area contributed by atoms with E-state index in [4.69, 9.17) is 9.72 Å². The molecule has 0 bridgehead atoms. The molecule has 0 radical (unpaired) electrons. The first-order valence-corrected chi connectivity index (χ1v) is 8.44. The third-order valence-electron chi connectivity index (χ3n) is 4.71. The summed E-state index contributed by atoms with van der Waals surface area (Å²) in [5.74, 6) is 0.853. The normalized spacial score (nSPS) is 14.2. The molecule has 6 nitrogen and oxygen atoms in total. The molecule has 1 fully saturated rings. The van der Waals surface area contributed by atoms with E-state index in [1.54, 1.807) is 18.0 Å². The Morgan fingerprint density at radius 2 is 1.88 bits per heavy atom. The quantitative estimate of drug-likeness (QED) is 0.738. The van der Waals surface area contributed by atoms with Crippen molar-refractivity contribution >= 4 is 16.9 Å². The molecule has 1 aliphatic heterocycles. The lowest BCUT2D eigenvalue weighted by atomic mass is 10.1. The van der Waals surface area contributed by atoms with Crippen molar-refractivity contribution in [3.8, 4) is 17.0 Å². The zero-order valence-electron chi connectivity index (χ0n) is 14.4. The number of fused-ring (bicyclic) bond motifs is 1. The van der Waals surface area contributed by atoms with E-state index in [1.165, 1.54) is 0 Å². The molecule has 0 aliphatic carbocycles. The Morgan fingerprint density at radius 3 is 2.56 bits per heavy atom. The molecule has 0 unspecified atom stereocenters. The van der Waals surface area contributed by atoms with Crippen molar-refractivity contribution in [3.63, 3.8) is 0 Å². The highest BCUT2D eigenvalue weighted by atomic mass is 16.5. The highest BCUT2D eigenvalue weighted by Crippen LogP contribution is 2.27. The Kier molecular flexibility index (Phi) is 3.87. The molecule has 3 aromatic rings. The SMILES string of the molecule is COc1ccc(-c2cc(C(=O)N3CCCC3)c3cnn(C)c3n2)cc1. The Hall–Kier alpha value is -2.89. The number of pyridine rings is 1. The van der Waals surface area contributed by atoms with Gasteiger partial charge in [0.1, 0.15) is 5.75 Å². The summed E-state index contributed by atoms with van der Waals surface area (Å²) in [5.41, 5.74) is 3.10. The third-order valence-corrected chi connectivity index (χ3v) is 4.71. The summed E-state index contributed by atoms with van der Waals surface area (Å²) < 4.78 is 6.93. The topological polar surface area (TPSA) is 60.2 Å². The molecule has 1 aliphatic rings. The number of likely N-dealkylation sites (tertiary alicyclic amines) is 1. The molecular formula is C19H20N4O2. The second-order valence-electron chi connectivity index (χ2n) is 6.29. The molecule has 128 valence electrons. The number of ether oxygens (including phenoxy) is 1. The van der Waals surface area contributed by atoms with Gasteiger partial charge in [0.2, 0.25) is 0 Å². The van der Waals surface area contributed by atoms with Gasteiger partial charge in [-0.1, -0.05) is 0 Å². The minimum atomic E-state index is 0.0626. The fourth-order valence-electron chi connectivity index (χ4n) is 3.29. The number of aromatic nitrogens is 3. The van der Waals surface area contributed by atoms with E-state index >= 15 is 0 Å². The van der Waals surface area contributed by atoms with E-state index < -0.39 is 0 Å². The molecule has 3 heterocycles. The highest BCUT2D eigenvalue weighted by Gasteiger charge is 2.23. The summed E-state index contributed by atoms with van der Waals surface area (Å²) in [5, 5.41) is 5.09. The second-order valence-corrected chi connectivity index (χ2v) is 6.29. The van der Waals surface area contributed by atoms with Gasteiger partial charge in [0, 0.05) is 25.7 Å². The van der Waals surface area contributed by atoms with Crippen LogP contribution in [0.1, 0.15) is 23.2 Å². The molecule has 0 atom stereocenters. The second kappa shape index (κ2) is 6.20. The molecule has 25 heavy (non-hydrogen) atoms. The van der Waals surface area contributed by atoms with E-state index in [-0.39, 0.29) is 5.91 Å². The molecule has 0 N–H and O–H groups in total. The lowest BCUT2D eigenvalue weighted by Gasteiger charge is -2.16. The van der Waals surface area contributed by atoms with Gasteiger partial charge in [0.15, 0.2) is 5.65 Å². The summed E-state index contributed by atoms with van der Waals surface area (Å²) in [7, 11) is 3.49. The standard InChI is InChI=1S/C19H20N4O2/c1-22-18-16(12-20-22)15(19(24)23-9-3-4-10-23)11-17(21-18)13-5-7-14(25-2)8-6-13/h5-8,11-12H,3-4,9-10H2,1-2H3. The van der Waals surface area contributed by atoms with E-state index in [2.05, 4.69) is 5.10 Å². The zero-order chi connectivity index (χ0) is 17.4. The summed E-state index contributed by atoms with van der Waals surface area (Å²) in [6, 6.07) is 9.58. The van der Waals surface area contributed by atoms with Crippen molar-refractivity contribution in [1.29, 1.82) is 0 Å². The third kappa shape index (κ3) is 2.73. The predicted octanol–water partition coefficient (Wildman–Crippen LogP) is 2.88. The number of rotatable bonds is 3. The van der Waals surface area contributed by atoms with Gasteiger partial charge in [0.05, 0.1) is 30.0 Å². The van der Waals surface area contributed by atoms with Crippen molar-refractivity contribution in [2.45, 2.75) is 12.8 Å². The maximum atomic E-state index is 13.0. The molecule has 2 aromatic heterocycles. The summed E-state index contributed by atoms with van der Waals surface area (Å²) in [4.78, 5) is 19.6. The molecule has 6 heteroatoms. The van der Waals surface area contributed by atoms with E-state index in [0.29, 0.717) is 5.56 Å². The predicted molar refractivity (Wildman–Crippen MR) is 95.6 cm³/mol. The molecule has 1 saturated heterocycles. The van der Waals surface area contributed by atoms with Crippen LogP contribution in [0.5, 0.6) is 5.75 Å². The average Bonchev–Trinajstić information content (AvgIpc) is 3.31. The fourth-order valence-corrected chi connectivity index (χ4v) is 3.29. The van der Waals surface area contributed by atoms with Crippen LogP contribution in [-0.4, -0.2) is 45.8 Å². The number of methoxy groups -OCH3 is 1. The van der Waals surface area contributed by atoms with Crippen LogP contribution >= 0.6 is 0 Å². The number of benzene rings is 1. The van der Waals surface area contributed by atoms with Crippen molar-refractivity contribution < 1.29 is 9.53 Å². The molecular weight excluding hydrogens is 316 g/mol. The van der Waals surface area contributed by atoms with Crippen LogP contribution in [0, 0.1) is 0 Å². The van der Waals surface area contributed by atoms with Gasteiger partial charge in [-0.25, -0.2) is 4.98 Å². The number of hydrogen-bond acceptors (Lipinski definition) is 4. The van der Waals surface area contributed by atoms with Gasteiger partial charge in [0.25, 0.3) is 5.91 Å². The zero-order valence-corrected chi connectivity index (χ0v) is 14.4. The summed E-state index contributed by atoms with van der Waals surface area (Å²) in [6.07, 6.45) is 3.86. The monoisotopic (exact) mass is 336 g/mol. The maximum Gasteiger partial charge on any atom is 0.254 e. The summed E-state index contributed by atoms with van der Waals surface area (Å²) in [6.45, 7) is 1.64. The Bertz CT molecular complexity index is 924. The lowest BCUT2D eigenvalue weighted by Crippen LogP contribution is -2.27. The smallest absolute Gasteiger partial charge is 0.254 e. The van der Waals surface area contributed by atoms with Gasteiger partial charge in [-0.2, -0.15) is 5.10 Å². The number of carbonyl (C=O) groups excluding carboxylic acids is 1. The average molecular weight is 336 g/mol. The largest absolute Gasteiger partial charge is 0.497 e. The first-order chi connectivity index (χ1) is 12.2. The van der Waals surface area contributed by atoms with Gasteiger partial charge in [-0.3, -0.25) is 9.48 Å². The number of carbonyl (C=O) groups is 1. The van der Waals surface area contributed by atoms with Gasteiger partial charge >= 0.3 is 0 Å². The molecule has 0 saturated carbocycles. The number of hydrogen-bond donors (Lipinski definition) is 0. The van der Waals surface area contributed by atoms with Gasteiger partial charge in [-0.05, 0) is 43.2 Å². The van der Waals surface area contributed by atoms with E-state index in [9.17, 15) is 4.79 Å². The first-order valence-electron chi connectivity index (χ1n) is 8.44. The van der Waals surface area contributed by atoms with E-state index in [1.807, 2.05) is 42.3 Å². The molecule has 1 amide bonds. The van der Waals surface area contributed by atoms with Crippen molar-refractivity contribution in [2.75, 3.05) is 20.2 Å². The van der Waals surface area contributed by atoms with Crippen LogP contribution in [0.4, 0.5) is 0 Å². The Balaban J connectivity index is 1.84. The Morgan fingerprint density at radius 1 is 1.16 bits per heavy atom. The first kappa shape index (κ1) is 15.6. The number of aryl methyl sites for hydroxylation is 1. The van der Waals surface area contributed by atoms with Crippen molar-refractivity contribution in [1.82, 2.24) is 19.7 Å². The summed E-state index contributed by atoms with van der Waals surface area (Å²) >= 11 is 0. The van der Waals surface area contributed by atoms with Crippen molar-refractivity contribution in [2.24, 2.45) is 7.05 Å². The molecule has 4 rings (SSSR count). The van der Waals surface area contributed by atoms with Crippen LogP contribution in [0.2, 0.25) is 0 Å². The fraction of sp³-hybridized carbons (Fsp3) is 0.316. The van der Waals surface area contributed by atoms with Crippen LogP contribution in [-0.2, 0) is 7.05 Å². The van der Waals surface area contributed by atoms with Gasteiger partial charge in [-0.15, -0.1) is 0 Å². The molecule has 1 aromatic carbocycles. The maximum absolute atomic E-state index is 13.0. The van der Waals surface area contributed by atoms with Gasteiger partial charge < -0.3 is 9.64 Å². The minimum Gasteiger partial charge on any atom is -0.497 e. The Labute approximate surface area is 146 Å². The van der Waals surface area contributed by atoms with E-state index in [0.717, 1.165) is 54.0 Å². The van der Waals surface area contributed by atoms with Crippen LogP contribution in [0.15, 0.2) is 36.5 Å². The van der Waals surface area contributed by atoms with Crippen LogP contribution < -0.4 is 4.74 Å². The minimum absolute atomic E-state index is 0.0626. The lowest BCUT2D eigenvalue weighted by molar-refractivity contribution is 0.0794. The molecule has 0 spiro atoms. The van der Waals surface area contributed by atoms with Crippen molar-refractivity contribution in [3.05, 3.63) is 42.1 Å². The highest BCUT2D eigenvalue weighted by molar-refractivity contribution is 6.06. The van der Waals surface area contributed by atoms with Crippen LogP contribution in [0.25, 0.3) is 22.3 Å². The van der Waals surface area contributed by atoms with Crippen LogP contribution in [0.3, 0.4) is 0 Å².